The Morgan fingerprint density at radius 2 is 1.77 bits per heavy atom. The molecule has 4 rings (SSSR count). The number of halogens is 1. The van der Waals surface area contributed by atoms with Crippen molar-refractivity contribution in [1.82, 2.24) is 9.97 Å². The standard InChI is InChI=1S/C23H18ClN3OS2/c1-14-10-19(30-18-5-3-4-17(24)12-18)11-15(2)21(14)20-13-29-23(26-20)27-22(28)16-6-8-25-9-7-16/h3-13H,1-2H3,(H,26,27,28). The van der Waals surface area contributed by atoms with E-state index in [1.54, 1.807) is 36.3 Å². The van der Waals surface area contributed by atoms with E-state index in [0.717, 1.165) is 37.2 Å². The molecule has 4 nitrogen and oxygen atoms in total. The minimum absolute atomic E-state index is 0.194. The lowest BCUT2D eigenvalue weighted by molar-refractivity contribution is 0.102. The van der Waals surface area contributed by atoms with Crippen LogP contribution in [0, 0.1) is 13.8 Å². The summed E-state index contributed by atoms with van der Waals surface area (Å²) in [5.41, 5.74) is 4.77. The fourth-order valence-corrected chi connectivity index (χ4v) is 5.20. The van der Waals surface area contributed by atoms with E-state index in [1.807, 2.05) is 29.6 Å². The number of hydrogen-bond donors (Lipinski definition) is 1. The number of anilines is 1. The van der Waals surface area contributed by atoms with Crippen molar-refractivity contribution >= 4 is 45.7 Å². The summed E-state index contributed by atoms with van der Waals surface area (Å²) in [5.74, 6) is -0.194. The number of amides is 1. The van der Waals surface area contributed by atoms with Crippen LogP contribution in [-0.4, -0.2) is 15.9 Å². The van der Waals surface area contributed by atoms with Gasteiger partial charge in [-0.1, -0.05) is 29.4 Å². The van der Waals surface area contributed by atoms with E-state index in [-0.39, 0.29) is 5.91 Å². The van der Waals surface area contributed by atoms with Gasteiger partial charge in [0.25, 0.3) is 5.91 Å². The molecule has 7 heteroatoms. The molecule has 2 heterocycles. The maximum atomic E-state index is 12.4. The van der Waals surface area contributed by atoms with Crippen molar-refractivity contribution in [2.24, 2.45) is 0 Å². The van der Waals surface area contributed by atoms with Crippen molar-refractivity contribution in [1.29, 1.82) is 0 Å². The highest BCUT2D eigenvalue weighted by molar-refractivity contribution is 7.99. The molecular weight excluding hydrogens is 434 g/mol. The zero-order valence-electron chi connectivity index (χ0n) is 16.3. The van der Waals surface area contributed by atoms with Crippen molar-refractivity contribution in [2.75, 3.05) is 5.32 Å². The Hall–Kier alpha value is -2.67. The minimum Gasteiger partial charge on any atom is -0.298 e. The fourth-order valence-electron chi connectivity index (χ4n) is 3.17. The van der Waals surface area contributed by atoms with Gasteiger partial charge in [0.15, 0.2) is 5.13 Å². The second-order valence-corrected chi connectivity index (χ2v) is 9.16. The van der Waals surface area contributed by atoms with Gasteiger partial charge in [-0.15, -0.1) is 11.3 Å². The molecule has 1 amide bonds. The van der Waals surface area contributed by atoms with Crippen LogP contribution < -0.4 is 5.32 Å². The highest BCUT2D eigenvalue weighted by Crippen LogP contribution is 2.36. The van der Waals surface area contributed by atoms with Crippen LogP contribution in [0.3, 0.4) is 0 Å². The summed E-state index contributed by atoms with van der Waals surface area (Å²) in [4.78, 5) is 23.2. The van der Waals surface area contributed by atoms with E-state index < -0.39 is 0 Å². The highest BCUT2D eigenvalue weighted by atomic mass is 35.5. The molecule has 2 aromatic carbocycles. The number of carbonyl (C=O) groups excluding carboxylic acids is 1. The fraction of sp³-hybridized carbons (Fsp3) is 0.0870. The van der Waals surface area contributed by atoms with Crippen LogP contribution in [0.1, 0.15) is 21.5 Å². The Morgan fingerprint density at radius 1 is 1.03 bits per heavy atom. The average Bonchev–Trinajstić information content (AvgIpc) is 3.16. The number of nitrogens with zero attached hydrogens (tertiary/aromatic N) is 2. The lowest BCUT2D eigenvalue weighted by atomic mass is 10.0. The van der Waals surface area contributed by atoms with Gasteiger partial charge < -0.3 is 0 Å². The maximum absolute atomic E-state index is 12.4. The van der Waals surface area contributed by atoms with Crippen molar-refractivity contribution in [3.8, 4) is 11.3 Å². The topological polar surface area (TPSA) is 54.9 Å². The molecule has 0 saturated carbocycles. The molecule has 0 spiro atoms. The molecule has 4 aromatic rings. The molecule has 0 atom stereocenters. The van der Waals surface area contributed by atoms with Crippen LogP contribution in [0.15, 0.2) is 76.1 Å². The number of nitrogens with one attached hydrogen (secondary N) is 1. The maximum Gasteiger partial charge on any atom is 0.257 e. The molecule has 0 unspecified atom stereocenters. The first-order chi connectivity index (χ1) is 14.5. The Kier molecular flexibility index (Phi) is 6.18. The molecular formula is C23H18ClN3OS2. The van der Waals surface area contributed by atoms with Gasteiger partial charge in [-0.05, 0) is 67.4 Å². The first kappa shape index (κ1) is 20.6. The van der Waals surface area contributed by atoms with E-state index in [0.29, 0.717) is 10.7 Å². The third kappa shape index (κ3) is 4.73. The van der Waals surface area contributed by atoms with E-state index in [9.17, 15) is 4.79 Å². The molecule has 150 valence electrons. The second kappa shape index (κ2) is 9.00. The van der Waals surface area contributed by atoms with E-state index in [1.165, 1.54) is 11.3 Å². The summed E-state index contributed by atoms with van der Waals surface area (Å²) >= 11 is 9.20. The van der Waals surface area contributed by atoms with Crippen molar-refractivity contribution in [2.45, 2.75) is 23.6 Å². The molecule has 0 saturated heterocycles. The van der Waals surface area contributed by atoms with Crippen molar-refractivity contribution in [3.05, 3.63) is 88.0 Å². The minimum atomic E-state index is -0.194. The van der Waals surface area contributed by atoms with Gasteiger partial charge in [-0.2, -0.15) is 0 Å². The van der Waals surface area contributed by atoms with Crippen molar-refractivity contribution < 1.29 is 4.79 Å². The van der Waals surface area contributed by atoms with E-state index in [4.69, 9.17) is 11.6 Å². The number of pyridine rings is 1. The first-order valence-corrected chi connectivity index (χ1v) is 11.3. The van der Waals surface area contributed by atoms with Gasteiger partial charge in [-0.3, -0.25) is 15.1 Å². The van der Waals surface area contributed by atoms with Crippen LogP contribution >= 0.6 is 34.7 Å². The third-order valence-corrected chi connectivity index (χ3v) is 6.42. The molecule has 0 aliphatic heterocycles. The quantitative estimate of drug-likeness (QED) is 0.359. The van der Waals surface area contributed by atoms with Crippen LogP contribution in [0.4, 0.5) is 5.13 Å². The zero-order chi connectivity index (χ0) is 21.1. The van der Waals surface area contributed by atoms with Gasteiger partial charge in [-0.25, -0.2) is 4.98 Å². The predicted molar refractivity (Wildman–Crippen MR) is 125 cm³/mol. The van der Waals surface area contributed by atoms with Crippen LogP contribution in [0.25, 0.3) is 11.3 Å². The molecule has 30 heavy (non-hydrogen) atoms. The number of benzene rings is 2. The van der Waals surface area contributed by atoms with Gasteiger partial charge in [0, 0.05) is 43.7 Å². The zero-order valence-corrected chi connectivity index (χ0v) is 18.7. The Bertz CT molecular complexity index is 1190. The Balaban J connectivity index is 1.55. The average molecular weight is 452 g/mol. The molecule has 0 aliphatic rings. The third-order valence-electron chi connectivity index (χ3n) is 4.46. The summed E-state index contributed by atoms with van der Waals surface area (Å²) in [6.07, 6.45) is 3.19. The Labute approximate surface area is 188 Å². The summed E-state index contributed by atoms with van der Waals surface area (Å²) in [7, 11) is 0. The first-order valence-electron chi connectivity index (χ1n) is 9.21. The summed E-state index contributed by atoms with van der Waals surface area (Å²) in [5, 5.41) is 6.14. The van der Waals surface area contributed by atoms with Gasteiger partial charge in [0.05, 0.1) is 5.69 Å². The second-order valence-electron chi connectivity index (χ2n) is 6.72. The lowest BCUT2D eigenvalue weighted by Gasteiger charge is -2.11. The Morgan fingerprint density at radius 3 is 2.47 bits per heavy atom. The number of hydrogen-bond acceptors (Lipinski definition) is 5. The number of thiazole rings is 1. The summed E-state index contributed by atoms with van der Waals surface area (Å²) in [6, 6.07) is 15.5. The number of aromatic nitrogens is 2. The van der Waals surface area contributed by atoms with Crippen LogP contribution in [0.2, 0.25) is 5.02 Å². The molecule has 0 aliphatic carbocycles. The summed E-state index contributed by atoms with van der Waals surface area (Å²) < 4.78 is 0. The SMILES string of the molecule is Cc1cc(Sc2cccc(Cl)c2)cc(C)c1-c1csc(NC(=O)c2ccncc2)n1. The van der Waals surface area contributed by atoms with Gasteiger partial charge >= 0.3 is 0 Å². The monoisotopic (exact) mass is 451 g/mol. The van der Waals surface area contributed by atoms with Crippen LogP contribution in [-0.2, 0) is 0 Å². The van der Waals surface area contributed by atoms with Crippen LogP contribution in [0.5, 0.6) is 0 Å². The normalized spacial score (nSPS) is 10.8. The van der Waals surface area contributed by atoms with Gasteiger partial charge in [0.1, 0.15) is 0 Å². The lowest BCUT2D eigenvalue weighted by Crippen LogP contribution is -2.11. The largest absolute Gasteiger partial charge is 0.298 e. The molecule has 1 N–H and O–H groups in total. The van der Waals surface area contributed by atoms with Gasteiger partial charge in [0.2, 0.25) is 0 Å². The smallest absolute Gasteiger partial charge is 0.257 e. The number of rotatable bonds is 5. The number of aryl methyl sites for hydroxylation is 2. The summed E-state index contributed by atoms with van der Waals surface area (Å²) in [6.45, 7) is 4.16. The van der Waals surface area contributed by atoms with Crippen molar-refractivity contribution in [3.63, 3.8) is 0 Å². The number of carbonyl (C=O) groups is 1. The molecule has 0 radical (unpaired) electrons. The molecule has 2 aromatic heterocycles. The predicted octanol–water partition coefficient (Wildman–Crippen LogP) is 6.88. The highest BCUT2D eigenvalue weighted by Gasteiger charge is 2.14. The molecule has 0 fully saturated rings. The van der Waals surface area contributed by atoms with E-state index >= 15 is 0 Å². The molecule has 0 bridgehead atoms. The van der Waals surface area contributed by atoms with E-state index in [2.05, 4.69) is 41.3 Å².